The molecule has 2 aliphatic heterocycles. The number of amidine groups is 1. The van der Waals surface area contributed by atoms with Gasteiger partial charge in [0, 0.05) is 44.4 Å². The topological polar surface area (TPSA) is 63.0 Å². The van der Waals surface area contributed by atoms with E-state index in [4.69, 9.17) is 9.84 Å². The SMILES string of the molecule is COc1cc(-c2cc(-c3ccccc3)n(CC(=O)N3CCN(C4=N/C=C\C=C/CC4)CC3)n2)ccc1F. The third-order valence-corrected chi connectivity index (χ3v) is 6.67. The summed E-state index contributed by atoms with van der Waals surface area (Å²) in [5, 5.41) is 4.75. The fourth-order valence-electron chi connectivity index (χ4n) is 4.65. The summed E-state index contributed by atoms with van der Waals surface area (Å²) in [6, 6.07) is 16.4. The lowest BCUT2D eigenvalue weighted by Crippen LogP contribution is -2.51. The Kier molecular flexibility index (Phi) is 7.44. The first-order chi connectivity index (χ1) is 18.1. The van der Waals surface area contributed by atoms with E-state index >= 15 is 0 Å². The molecular formula is C29H30FN5O2. The zero-order valence-electron chi connectivity index (χ0n) is 20.9. The molecule has 3 heterocycles. The molecule has 1 saturated heterocycles. The summed E-state index contributed by atoms with van der Waals surface area (Å²) in [6.45, 7) is 2.92. The maximum absolute atomic E-state index is 14.0. The average molecular weight is 500 g/mol. The predicted molar refractivity (Wildman–Crippen MR) is 143 cm³/mol. The van der Waals surface area contributed by atoms with Crippen LogP contribution in [0, 0.1) is 5.82 Å². The molecule has 0 radical (unpaired) electrons. The predicted octanol–water partition coefficient (Wildman–Crippen LogP) is 4.77. The van der Waals surface area contributed by atoms with Crippen molar-refractivity contribution in [3.63, 3.8) is 0 Å². The molecule has 0 spiro atoms. The lowest BCUT2D eigenvalue weighted by Gasteiger charge is -2.36. The number of carbonyl (C=O) groups is 1. The lowest BCUT2D eigenvalue weighted by atomic mass is 10.1. The Balaban J connectivity index is 1.33. The van der Waals surface area contributed by atoms with E-state index in [9.17, 15) is 9.18 Å². The van der Waals surface area contributed by atoms with Crippen LogP contribution in [0.5, 0.6) is 5.75 Å². The highest BCUT2D eigenvalue weighted by atomic mass is 19.1. The monoisotopic (exact) mass is 499 g/mol. The number of piperazine rings is 1. The smallest absolute Gasteiger partial charge is 0.244 e. The van der Waals surface area contributed by atoms with E-state index in [1.165, 1.54) is 13.2 Å². The number of halogens is 1. The maximum Gasteiger partial charge on any atom is 0.244 e. The molecule has 190 valence electrons. The number of allylic oxidation sites excluding steroid dienone is 3. The molecule has 0 unspecified atom stereocenters. The van der Waals surface area contributed by atoms with E-state index in [-0.39, 0.29) is 18.2 Å². The van der Waals surface area contributed by atoms with Crippen LogP contribution in [-0.4, -0.2) is 64.6 Å². The third kappa shape index (κ3) is 5.63. The maximum atomic E-state index is 14.0. The number of amides is 1. The van der Waals surface area contributed by atoms with E-state index in [2.05, 4.69) is 16.0 Å². The number of carbonyl (C=O) groups excluding carboxylic acids is 1. The van der Waals surface area contributed by atoms with Gasteiger partial charge in [0.05, 0.1) is 18.5 Å². The molecule has 0 atom stereocenters. The van der Waals surface area contributed by atoms with Crippen molar-refractivity contribution in [3.05, 3.63) is 84.8 Å². The molecule has 0 aliphatic carbocycles. The summed E-state index contributed by atoms with van der Waals surface area (Å²) in [6.07, 6.45) is 9.82. The average Bonchev–Trinajstić information content (AvgIpc) is 3.33. The fraction of sp³-hybridized carbons (Fsp3) is 0.276. The largest absolute Gasteiger partial charge is 0.494 e. The van der Waals surface area contributed by atoms with E-state index in [0.717, 1.165) is 48.6 Å². The Labute approximate surface area is 216 Å². The summed E-state index contributed by atoms with van der Waals surface area (Å²) in [4.78, 5) is 22.1. The van der Waals surface area contributed by atoms with Gasteiger partial charge in [0.15, 0.2) is 11.6 Å². The van der Waals surface area contributed by atoms with Crippen LogP contribution < -0.4 is 4.74 Å². The summed E-state index contributed by atoms with van der Waals surface area (Å²) >= 11 is 0. The van der Waals surface area contributed by atoms with Gasteiger partial charge in [0.2, 0.25) is 5.91 Å². The van der Waals surface area contributed by atoms with E-state index in [1.54, 1.807) is 16.8 Å². The first-order valence-electron chi connectivity index (χ1n) is 12.5. The van der Waals surface area contributed by atoms with E-state index in [1.807, 2.05) is 59.7 Å². The van der Waals surface area contributed by atoms with Gasteiger partial charge in [-0.1, -0.05) is 42.5 Å². The number of rotatable bonds is 5. The summed E-state index contributed by atoms with van der Waals surface area (Å²) in [5.74, 6) is 0.819. The van der Waals surface area contributed by atoms with Gasteiger partial charge in [0.25, 0.3) is 0 Å². The molecule has 1 amide bonds. The van der Waals surface area contributed by atoms with Crippen LogP contribution >= 0.6 is 0 Å². The van der Waals surface area contributed by atoms with Crippen molar-refractivity contribution in [1.82, 2.24) is 19.6 Å². The lowest BCUT2D eigenvalue weighted by molar-refractivity contribution is -0.133. The number of hydrogen-bond acceptors (Lipinski definition) is 5. The molecule has 1 aromatic heterocycles. The molecule has 7 nitrogen and oxygen atoms in total. The van der Waals surface area contributed by atoms with Gasteiger partial charge < -0.3 is 14.5 Å². The van der Waals surface area contributed by atoms with Crippen LogP contribution in [0.25, 0.3) is 22.5 Å². The van der Waals surface area contributed by atoms with Gasteiger partial charge in [0.1, 0.15) is 12.4 Å². The Morgan fingerprint density at radius 3 is 2.59 bits per heavy atom. The Bertz CT molecular complexity index is 1340. The van der Waals surface area contributed by atoms with Gasteiger partial charge >= 0.3 is 0 Å². The second kappa shape index (κ2) is 11.2. The molecule has 2 aliphatic rings. The minimum absolute atomic E-state index is 0.0191. The number of benzene rings is 2. The van der Waals surface area contributed by atoms with E-state index < -0.39 is 5.82 Å². The number of hydrogen-bond donors (Lipinski definition) is 0. The molecule has 37 heavy (non-hydrogen) atoms. The number of aromatic nitrogens is 2. The van der Waals surface area contributed by atoms with Gasteiger partial charge in [-0.3, -0.25) is 9.48 Å². The quantitative estimate of drug-likeness (QED) is 0.507. The van der Waals surface area contributed by atoms with Crippen molar-refractivity contribution in [2.24, 2.45) is 4.99 Å². The van der Waals surface area contributed by atoms with Crippen molar-refractivity contribution in [2.45, 2.75) is 19.4 Å². The highest BCUT2D eigenvalue weighted by molar-refractivity contribution is 5.84. The minimum atomic E-state index is -0.429. The van der Waals surface area contributed by atoms with Crippen molar-refractivity contribution in [3.8, 4) is 28.3 Å². The molecular weight excluding hydrogens is 469 g/mol. The van der Waals surface area contributed by atoms with Crippen molar-refractivity contribution >= 4 is 11.7 Å². The molecule has 8 heteroatoms. The minimum Gasteiger partial charge on any atom is -0.494 e. The first-order valence-corrected chi connectivity index (χ1v) is 12.5. The van der Waals surface area contributed by atoms with Crippen LogP contribution in [0.1, 0.15) is 12.8 Å². The van der Waals surface area contributed by atoms with E-state index in [0.29, 0.717) is 18.8 Å². The number of ether oxygens (including phenoxy) is 1. The Hall–Kier alpha value is -4.20. The molecule has 5 rings (SSSR count). The van der Waals surface area contributed by atoms with Crippen LogP contribution in [0.4, 0.5) is 4.39 Å². The van der Waals surface area contributed by atoms with Crippen LogP contribution in [0.3, 0.4) is 0 Å². The van der Waals surface area contributed by atoms with Crippen molar-refractivity contribution < 1.29 is 13.9 Å². The number of methoxy groups -OCH3 is 1. The Morgan fingerprint density at radius 2 is 1.81 bits per heavy atom. The van der Waals surface area contributed by atoms with Gasteiger partial charge in [-0.15, -0.1) is 0 Å². The number of nitrogens with zero attached hydrogens (tertiary/aromatic N) is 5. The molecule has 0 bridgehead atoms. The van der Waals surface area contributed by atoms with Crippen LogP contribution in [0.15, 0.2) is 84.0 Å². The normalized spacial score (nSPS) is 17.5. The van der Waals surface area contributed by atoms with Crippen molar-refractivity contribution in [1.29, 1.82) is 0 Å². The number of aliphatic imine (C=N–C) groups is 1. The first kappa shape index (κ1) is 24.5. The second-order valence-corrected chi connectivity index (χ2v) is 9.01. The highest BCUT2D eigenvalue weighted by Gasteiger charge is 2.24. The molecule has 2 aromatic carbocycles. The molecule has 3 aromatic rings. The molecule has 0 saturated carbocycles. The van der Waals surface area contributed by atoms with Crippen LogP contribution in [0.2, 0.25) is 0 Å². The standard InChI is InChI=1S/C29H30FN5O2/c1-37-27-19-23(12-13-24(27)30)25-20-26(22-9-5-4-6-10-22)35(32-25)21-29(36)34-17-15-33(16-18-34)28-11-7-2-3-8-14-31-28/h2-6,8-10,12-14,19-20H,7,11,15-18,21H2,1H3/b3-2-,14-8-,31-28?. The molecule has 0 N–H and O–H groups in total. The summed E-state index contributed by atoms with van der Waals surface area (Å²) in [5.41, 5.74) is 3.16. The zero-order valence-corrected chi connectivity index (χ0v) is 20.9. The summed E-state index contributed by atoms with van der Waals surface area (Å²) in [7, 11) is 1.44. The third-order valence-electron chi connectivity index (χ3n) is 6.67. The van der Waals surface area contributed by atoms with Crippen molar-refractivity contribution in [2.75, 3.05) is 33.3 Å². The fourth-order valence-corrected chi connectivity index (χ4v) is 4.65. The van der Waals surface area contributed by atoms with Crippen LogP contribution in [-0.2, 0) is 11.3 Å². The summed E-state index contributed by atoms with van der Waals surface area (Å²) < 4.78 is 20.9. The zero-order chi connectivity index (χ0) is 25.6. The Morgan fingerprint density at radius 1 is 1.00 bits per heavy atom. The van der Waals surface area contributed by atoms with Gasteiger partial charge in [-0.2, -0.15) is 5.10 Å². The van der Waals surface area contributed by atoms with Gasteiger partial charge in [-0.25, -0.2) is 9.38 Å². The molecule has 1 fully saturated rings. The second-order valence-electron chi connectivity index (χ2n) is 9.01. The highest BCUT2D eigenvalue weighted by Crippen LogP contribution is 2.29. The van der Waals surface area contributed by atoms with Gasteiger partial charge in [-0.05, 0) is 42.3 Å².